The number of ether oxygens (including phenoxy) is 5. The molecule has 33 heavy (non-hydrogen) atoms. The molecule has 0 radical (unpaired) electrons. The Bertz CT molecular complexity index is 821. The largest absolute Gasteiger partial charge is 0.467 e. The van der Waals surface area contributed by atoms with Crippen LogP contribution in [0.25, 0.3) is 0 Å². The first-order chi connectivity index (χ1) is 15.6. The number of rotatable bonds is 7. The maximum Gasteiger partial charge on any atom is 0.408 e. The molecule has 4 atom stereocenters. The van der Waals surface area contributed by atoms with Gasteiger partial charge in [0, 0.05) is 19.4 Å². The van der Waals surface area contributed by atoms with Crippen LogP contribution < -0.4 is 5.32 Å². The molecular formula is C24H33NO8. The van der Waals surface area contributed by atoms with Crippen LogP contribution in [0, 0.1) is 0 Å². The highest BCUT2D eigenvalue weighted by atomic mass is 16.6. The van der Waals surface area contributed by atoms with Crippen molar-refractivity contribution in [3.8, 4) is 0 Å². The lowest BCUT2D eigenvalue weighted by Gasteiger charge is -2.31. The second-order valence-corrected chi connectivity index (χ2v) is 9.39. The Hall–Kier alpha value is -2.65. The predicted molar refractivity (Wildman–Crippen MR) is 117 cm³/mol. The minimum Gasteiger partial charge on any atom is -0.467 e. The average molecular weight is 464 g/mol. The molecule has 0 aromatic heterocycles. The van der Waals surface area contributed by atoms with Gasteiger partial charge in [-0.1, -0.05) is 30.3 Å². The fraction of sp³-hybridized carbons (Fsp3) is 0.625. The minimum absolute atomic E-state index is 0.0589. The molecule has 1 aromatic carbocycles. The molecule has 1 N–H and O–H groups in total. The predicted octanol–water partition coefficient (Wildman–Crippen LogP) is 2.89. The molecule has 0 spiro atoms. The van der Waals surface area contributed by atoms with E-state index >= 15 is 0 Å². The highest BCUT2D eigenvalue weighted by Gasteiger charge is 2.55. The minimum atomic E-state index is -1.47. The van der Waals surface area contributed by atoms with Crippen LogP contribution in [-0.4, -0.2) is 61.2 Å². The van der Waals surface area contributed by atoms with Gasteiger partial charge < -0.3 is 29.0 Å². The second kappa shape index (κ2) is 10.5. The Morgan fingerprint density at radius 3 is 2.55 bits per heavy atom. The fourth-order valence-corrected chi connectivity index (χ4v) is 4.12. The molecule has 2 aliphatic rings. The van der Waals surface area contributed by atoms with Crippen LogP contribution in [0.3, 0.4) is 0 Å². The van der Waals surface area contributed by atoms with Crippen LogP contribution in [0.15, 0.2) is 30.3 Å². The van der Waals surface area contributed by atoms with Gasteiger partial charge in [0.15, 0.2) is 5.60 Å². The monoisotopic (exact) mass is 463 g/mol. The zero-order valence-electron chi connectivity index (χ0n) is 19.6. The van der Waals surface area contributed by atoms with Crippen molar-refractivity contribution < 1.29 is 38.1 Å². The summed E-state index contributed by atoms with van der Waals surface area (Å²) in [7, 11) is 1.21. The molecule has 1 aromatic rings. The van der Waals surface area contributed by atoms with Crippen molar-refractivity contribution in [2.24, 2.45) is 0 Å². The number of alkyl carbamates (subject to hydrolysis) is 1. The summed E-state index contributed by atoms with van der Waals surface area (Å²) >= 11 is 0. The van der Waals surface area contributed by atoms with Gasteiger partial charge in [0.05, 0.1) is 19.3 Å². The van der Waals surface area contributed by atoms with Gasteiger partial charge in [-0.15, -0.1) is 0 Å². The molecular weight excluding hydrogens is 430 g/mol. The number of fused-ring (bicyclic) bond motifs is 1. The first-order valence-corrected chi connectivity index (χ1v) is 11.2. The maximum absolute atomic E-state index is 13.3. The van der Waals surface area contributed by atoms with Crippen molar-refractivity contribution >= 4 is 18.0 Å². The third-order valence-corrected chi connectivity index (χ3v) is 5.58. The quantitative estimate of drug-likeness (QED) is 0.486. The molecule has 0 saturated carbocycles. The van der Waals surface area contributed by atoms with E-state index < -0.39 is 35.3 Å². The number of methoxy groups -OCH3 is 1. The first kappa shape index (κ1) is 25.0. The first-order valence-electron chi connectivity index (χ1n) is 11.2. The zero-order chi connectivity index (χ0) is 24.1. The van der Waals surface area contributed by atoms with Crippen LogP contribution in [-0.2, 0) is 39.9 Å². The van der Waals surface area contributed by atoms with Gasteiger partial charge in [-0.3, -0.25) is 0 Å². The van der Waals surface area contributed by atoms with Crippen LogP contribution in [0.1, 0.15) is 52.0 Å². The number of carbonyl (C=O) groups is 3. The fourth-order valence-electron chi connectivity index (χ4n) is 4.12. The summed E-state index contributed by atoms with van der Waals surface area (Å²) in [6.07, 6.45) is 0.230. The van der Waals surface area contributed by atoms with E-state index in [1.165, 1.54) is 7.11 Å². The van der Waals surface area contributed by atoms with Gasteiger partial charge in [0.25, 0.3) is 0 Å². The van der Waals surface area contributed by atoms with Crippen molar-refractivity contribution in [1.29, 1.82) is 0 Å². The molecule has 0 aliphatic carbocycles. The topological polar surface area (TPSA) is 109 Å². The SMILES string of the molecule is COC(=O)[C@H](C[C@@]1(C(=O)OCc2ccccc2)C[C@H]2OCCC[C@H]2O1)NC(=O)OC(C)(C)C. The van der Waals surface area contributed by atoms with Gasteiger partial charge in [-0.2, -0.15) is 0 Å². The van der Waals surface area contributed by atoms with E-state index in [0.29, 0.717) is 6.61 Å². The summed E-state index contributed by atoms with van der Waals surface area (Å²) in [5.74, 6) is -1.32. The number of carbonyl (C=O) groups excluding carboxylic acids is 3. The van der Waals surface area contributed by atoms with Crippen LogP contribution >= 0.6 is 0 Å². The van der Waals surface area contributed by atoms with Crippen LogP contribution in [0.4, 0.5) is 4.79 Å². The van der Waals surface area contributed by atoms with Gasteiger partial charge in [-0.05, 0) is 39.2 Å². The lowest BCUT2D eigenvalue weighted by Crippen LogP contribution is -2.52. The van der Waals surface area contributed by atoms with Gasteiger partial charge in [0.1, 0.15) is 18.2 Å². The normalized spacial score (nSPS) is 25.5. The molecule has 2 aliphatic heterocycles. The van der Waals surface area contributed by atoms with E-state index in [0.717, 1.165) is 18.4 Å². The number of esters is 2. The van der Waals surface area contributed by atoms with Crippen molar-refractivity contribution in [2.45, 2.75) is 82.5 Å². The summed E-state index contributed by atoms with van der Waals surface area (Å²) in [6, 6.07) is 8.10. The number of hydrogen-bond donors (Lipinski definition) is 1. The molecule has 9 nitrogen and oxygen atoms in total. The van der Waals surface area contributed by atoms with Crippen molar-refractivity contribution in [3.63, 3.8) is 0 Å². The second-order valence-electron chi connectivity index (χ2n) is 9.39. The molecule has 3 rings (SSSR count). The van der Waals surface area contributed by atoms with E-state index in [1.54, 1.807) is 20.8 Å². The summed E-state index contributed by atoms with van der Waals surface area (Å²) in [5, 5.41) is 2.52. The van der Waals surface area contributed by atoms with E-state index in [4.69, 9.17) is 23.7 Å². The van der Waals surface area contributed by atoms with Gasteiger partial charge in [-0.25, -0.2) is 14.4 Å². The smallest absolute Gasteiger partial charge is 0.408 e. The summed E-state index contributed by atoms with van der Waals surface area (Å²) in [4.78, 5) is 38.3. The molecule has 2 fully saturated rings. The number of nitrogens with one attached hydrogen (secondary N) is 1. The average Bonchev–Trinajstić information content (AvgIpc) is 3.15. The number of benzene rings is 1. The molecule has 2 heterocycles. The summed E-state index contributed by atoms with van der Waals surface area (Å²) in [6.45, 7) is 5.78. The molecule has 2 saturated heterocycles. The Labute approximate surface area is 194 Å². The van der Waals surface area contributed by atoms with E-state index in [-0.39, 0.29) is 31.7 Å². The maximum atomic E-state index is 13.3. The Kier molecular flexibility index (Phi) is 7.97. The van der Waals surface area contributed by atoms with Crippen molar-refractivity contribution in [2.75, 3.05) is 13.7 Å². The number of hydrogen-bond acceptors (Lipinski definition) is 8. The molecule has 0 bridgehead atoms. The molecule has 1 amide bonds. The lowest BCUT2D eigenvalue weighted by atomic mass is 9.89. The Morgan fingerprint density at radius 2 is 1.91 bits per heavy atom. The third-order valence-electron chi connectivity index (χ3n) is 5.58. The lowest BCUT2D eigenvalue weighted by molar-refractivity contribution is -0.177. The Balaban J connectivity index is 1.80. The third kappa shape index (κ3) is 6.68. The van der Waals surface area contributed by atoms with Crippen LogP contribution in [0.2, 0.25) is 0 Å². The summed E-state index contributed by atoms with van der Waals surface area (Å²) in [5.41, 5.74) is -1.41. The summed E-state index contributed by atoms with van der Waals surface area (Å²) < 4.78 is 27.8. The zero-order valence-corrected chi connectivity index (χ0v) is 19.6. The van der Waals surface area contributed by atoms with E-state index in [9.17, 15) is 14.4 Å². The molecule has 0 unspecified atom stereocenters. The van der Waals surface area contributed by atoms with Crippen LogP contribution in [0.5, 0.6) is 0 Å². The van der Waals surface area contributed by atoms with E-state index in [2.05, 4.69) is 5.32 Å². The molecule has 182 valence electrons. The molecule has 9 heteroatoms. The van der Waals surface area contributed by atoms with Crippen molar-refractivity contribution in [3.05, 3.63) is 35.9 Å². The Morgan fingerprint density at radius 1 is 1.18 bits per heavy atom. The highest BCUT2D eigenvalue weighted by Crippen LogP contribution is 2.41. The van der Waals surface area contributed by atoms with Gasteiger partial charge in [0.2, 0.25) is 0 Å². The number of amides is 1. The highest BCUT2D eigenvalue weighted by molar-refractivity contribution is 5.85. The van der Waals surface area contributed by atoms with E-state index in [1.807, 2.05) is 30.3 Å². The standard InChI is InChI=1S/C24H33NO8/c1-23(2,3)33-22(28)25-17(20(26)29-4)13-24(14-19-18(32-24)11-8-12-30-19)21(27)31-15-16-9-6-5-7-10-16/h5-7,9-10,17-19H,8,11-15H2,1-4H3,(H,25,28)/t17-,18+,19+,24-/m0/s1. The van der Waals surface area contributed by atoms with Gasteiger partial charge >= 0.3 is 18.0 Å². The van der Waals surface area contributed by atoms with Crippen molar-refractivity contribution in [1.82, 2.24) is 5.32 Å².